The lowest BCUT2D eigenvalue weighted by Gasteiger charge is -2.25. The number of amides is 6. The van der Waals surface area contributed by atoms with E-state index < -0.39 is 43.6 Å². The van der Waals surface area contributed by atoms with E-state index in [9.17, 15) is 28.5 Å². The molecule has 1 rings (SSSR count). The maximum atomic E-state index is 13.4. The average Bonchev–Trinajstić information content (AvgIpc) is 3.11. The summed E-state index contributed by atoms with van der Waals surface area (Å²) in [6.45, 7) is 9.78. The zero-order valence-electron chi connectivity index (χ0n) is 32.0. The highest BCUT2D eigenvalue weighted by Crippen LogP contribution is 2.36. The van der Waals surface area contributed by atoms with Crippen molar-refractivity contribution in [3.63, 3.8) is 0 Å². The Morgan fingerprint density at radius 2 is 1.43 bits per heavy atom. The summed E-state index contributed by atoms with van der Waals surface area (Å²) in [6.07, 6.45) is 2.90. The van der Waals surface area contributed by atoms with Crippen molar-refractivity contribution in [3.8, 4) is 0 Å². The van der Waals surface area contributed by atoms with Crippen molar-refractivity contribution in [3.05, 3.63) is 29.8 Å². The smallest absolute Gasteiger partial charge is 0.407 e. The molecule has 1 aromatic carbocycles. The molecule has 0 bridgehead atoms. The molecule has 0 heterocycles. The van der Waals surface area contributed by atoms with Gasteiger partial charge in [-0.3, -0.25) is 18.9 Å². The Balaban J connectivity index is 2.61. The van der Waals surface area contributed by atoms with E-state index in [1.165, 1.54) is 0 Å². The number of nitrogens with two attached hydrogens (primary N) is 1. The van der Waals surface area contributed by atoms with Crippen molar-refractivity contribution >= 4 is 43.1 Å². The second kappa shape index (κ2) is 28.6. The number of hydrogen-bond acceptors (Lipinski definition) is 11. The summed E-state index contributed by atoms with van der Waals surface area (Å²) in [5.74, 6) is -1.74. The van der Waals surface area contributed by atoms with E-state index >= 15 is 0 Å². The Bertz CT molecular complexity index is 1300. The van der Waals surface area contributed by atoms with Crippen molar-refractivity contribution < 1.29 is 56.9 Å². The normalized spacial score (nSPS) is 13.3. The van der Waals surface area contributed by atoms with Gasteiger partial charge in [0.15, 0.2) is 0 Å². The summed E-state index contributed by atoms with van der Waals surface area (Å²) < 4.78 is 37.2. The number of hydrogen-bond donors (Lipinski definition) is 7. The minimum Gasteiger partial charge on any atom is -0.445 e. The third-order valence-electron chi connectivity index (χ3n) is 7.55. The second-order valence-electron chi connectivity index (χ2n) is 12.7. The van der Waals surface area contributed by atoms with Crippen LogP contribution in [0.1, 0.15) is 71.3 Å². The Labute approximate surface area is 318 Å². The molecule has 0 aliphatic rings. The van der Waals surface area contributed by atoms with Gasteiger partial charge in [-0.2, -0.15) is 0 Å². The van der Waals surface area contributed by atoms with E-state index in [0.717, 1.165) is 19.5 Å². The number of unbranched alkanes of at least 4 members (excludes halogenated alkanes) is 3. The average molecular weight is 789 g/mol. The first kappa shape index (κ1) is 48.2. The fourth-order valence-electron chi connectivity index (χ4n) is 4.70. The molecule has 0 fully saturated rings. The molecule has 0 aromatic heterocycles. The van der Waals surface area contributed by atoms with Crippen molar-refractivity contribution in [1.82, 2.24) is 21.3 Å². The lowest BCUT2D eigenvalue weighted by molar-refractivity contribution is -0.132. The molecule has 0 saturated heterocycles. The van der Waals surface area contributed by atoms with Gasteiger partial charge in [-0.25, -0.2) is 9.59 Å². The number of carbonyl (C=O) groups excluding carboxylic acids is 5. The predicted molar refractivity (Wildman–Crippen MR) is 202 cm³/mol. The quantitative estimate of drug-likeness (QED) is 0.0439. The van der Waals surface area contributed by atoms with Crippen LogP contribution in [0.2, 0.25) is 0 Å². The molecule has 0 aliphatic carbocycles. The first-order valence-corrected chi connectivity index (χ1v) is 20.4. The molecule has 6 amide bonds. The molecule has 3 atom stereocenters. The summed E-state index contributed by atoms with van der Waals surface area (Å²) >= 11 is 0. The number of alkyl carbamates (subject to hydrolysis) is 1. The molecule has 3 unspecified atom stereocenters. The monoisotopic (exact) mass is 788 g/mol. The van der Waals surface area contributed by atoms with Crippen molar-refractivity contribution in [2.45, 2.75) is 84.4 Å². The van der Waals surface area contributed by atoms with Crippen LogP contribution in [-0.4, -0.2) is 113 Å². The Hall–Kier alpha value is -3.80. The number of nitrogens with one attached hydrogen (secondary N) is 5. The highest BCUT2D eigenvalue weighted by atomic mass is 31.2. The predicted octanol–water partition coefficient (Wildman–Crippen LogP) is 2.78. The number of primary amides is 1. The molecule has 0 spiro atoms. The van der Waals surface area contributed by atoms with E-state index in [0.29, 0.717) is 70.1 Å². The van der Waals surface area contributed by atoms with Crippen LogP contribution in [0.5, 0.6) is 0 Å². The highest BCUT2D eigenvalue weighted by molar-refractivity contribution is 7.51. The van der Waals surface area contributed by atoms with Gasteiger partial charge in [-0.15, -0.1) is 0 Å². The van der Waals surface area contributed by atoms with Crippen LogP contribution < -0.4 is 32.3 Å². The summed E-state index contributed by atoms with van der Waals surface area (Å²) in [7, 11) is -3.45. The van der Waals surface area contributed by atoms with Gasteiger partial charge in [-0.1, -0.05) is 38.8 Å². The fourth-order valence-corrected chi connectivity index (χ4v) is 5.16. The van der Waals surface area contributed by atoms with Gasteiger partial charge >= 0.3 is 19.7 Å². The van der Waals surface area contributed by atoms with Gasteiger partial charge in [0, 0.05) is 38.5 Å². The highest BCUT2D eigenvalue weighted by Gasteiger charge is 2.29. The first-order valence-electron chi connectivity index (χ1n) is 18.3. The number of rotatable bonds is 30. The third kappa shape index (κ3) is 25.3. The van der Waals surface area contributed by atoms with E-state index in [4.69, 9.17) is 34.1 Å². The standard InChI is InChI=1S/C35H61N6O12P/c1-5-49-21-22-51-24-23-50-20-16-30(42)41-31(26(2)3)33(44)40-29(11-10-18-37-34(36)45)32(43)39-28-14-12-27(13-15-28)25-52-35(46)38-17-8-6-7-9-19-53-54(4,47)48/h12-15,26,29,31H,5-11,16-25H2,1-4H3,(H,38,46)(H,39,43)(H,40,44)(H,41,42)(H,47,48)(H3,36,37,45). The van der Waals surface area contributed by atoms with Crippen molar-refractivity contribution in [1.29, 1.82) is 0 Å². The van der Waals surface area contributed by atoms with Gasteiger partial charge < -0.3 is 60.7 Å². The number of anilines is 1. The van der Waals surface area contributed by atoms with Crippen LogP contribution in [0.4, 0.5) is 15.3 Å². The molecule has 19 heteroatoms. The van der Waals surface area contributed by atoms with Crippen LogP contribution >= 0.6 is 7.60 Å². The fraction of sp³-hybridized carbons (Fsp3) is 0.686. The van der Waals surface area contributed by atoms with Gasteiger partial charge in [-0.05, 0) is 56.2 Å². The topological polar surface area (TPSA) is 255 Å². The molecule has 308 valence electrons. The van der Waals surface area contributed by atoms with Crippen LogP contribution in [0.3, 0.4) is 0 Å². The maximum absolute atomic E-state index is 13.4. The lowest BCUT2D eigenvalue weighted by Crippen LogP contribution is -2.54. The molecular weight excluding hydrogens is 727 g/mol. The molecule has 18 nitrogen and oxygen atoms in total. The van der Waals surface area contributed by atoms with E-state index in [1.807, 2.05) is 6.92 Å². The van der Waals surface area contributed by atoms with Gasteiger partial charge in [0.05, 0.1) is 39.6 Å². The zero-order chi connectivity index (χ0) is 40.2. The van der Waals surface area contributed by atoms with E-state index in [2.05, 4.69) is 26.6 Å². The van der Waals surface area contributed by atoms with Gasteiger partial charge in [0.2, 0.25) is 17.7 Å². The maximum Gasteiger partial charge on any atom is 0.407 e. The van der Waals surface area contributed by atoms with Crippen LogP contribution in [0.15, 0.2) is 24.3 Å². The molecule has 0 aliphatic heterocycles. The van der Waals surface area contributed by atoms with E-state index in [-0.39, 0.29) is 51.0 Å². The largest absolute Gasteiger partial charge is 0.445 e. The number of carbonyl (C=O) groups is 5. The Morgan fingerprint density at radius 1 is 0.796 bits per heavy atom. The summed E-state index contributed by atoms with van der Waals surface area (Å²) in [4.78, 5) is 71.7. The number of benzene rings is 1. The Morgan fingerprint density at radius 3 is 2.06 bits per heavy atom. The van der Waals surface area contributed by atoms with Crippen LogP contribution in [0.25, 0.3) is 0 Å². The number of urea groups is 1. The summed E-state index contributed by atoms with van der Waals surface area (Å²) in [6, 6.07) is 3.98. The zero-order valence-corrected chi connectivity index (χ0v) is 32.9. The number of ether oxygens (including phenoxy) is 4. The minimum absolute atomic E-state index is 0.00100. The minimum atomic E-state index is -3.45. The molecule has 0 saturated carbocycles. The first-order chi connectivity index (χ1) is 25.7. The van der Waals surface area contributed by atoms with Crippen molar-refractivity contribution in [2.24, 2.45) is 11.7 Å². The molecule has 8 N–H and O–H groups in total. The summed E-state index contributed by atoms with van der Waals surface area (Å²) in [5.41, 5.74) is 6.26. The molecule has 54 heavy (non-hydrogen) atoms. The van der Waals surface area contributed by atoms with Crippen LogP contribution in [0, 0.1) is 5.92 Å². The van der Waals surface area contributed by atoms with Crippen LogP contribution in [-0.2, 0) is 49.0 Å². The molecule has 0 radical (unpaired) electrons. The lowest BCUT2D eigenvalue weighted by atomic mass is 10.0. The SMILES string of the molecule is CCOCCOCCOCCC(=O)NC(C(=O)NC(CCCNC(N)=O)C(=O)Nc1ccc(COC(=O)NCCCCCCOP(C)(=O)O)cc1)C(C)C. The third-order valence-corrected chi connectivity index (χ3v) is 8.21. The van der Waals surface area contributed by atoms with E-state index in [1.54, 1.807) is 38.1 Å². The second-order valence-corrected chi connectivity index (χ2v) is 14.6. The van der Waals surface area contributed by atoms with Gasteiger partial charge in [0.25, 0.3) is 0 Å². The van der Waals surface area contributed by atoms with Gasteiger partial charge in [0.1, 0.15) is 18.7 Å². The molecular formula is C35H61N6O12P. The molecule has 1 aromatic rings. The summed E-state index contributed by atoms with van der Waals surface area (Å²) in [5, 5.41) is 13.4. The van der Waals surface area contributed by atoms with Crippen molar-refractivity contribution in [2.75, 3.05) is 71.3 Å². The Kier molecular flexibility index (Phi) is 25.6.